The van der Waals surface area contributed by atoms with Crippen molar-refractivity contribution >= 4 is 15.9 Å². The van der Waals surface area contributed by atoms with Crippen LogP contribution in [0.25, 0.3) is 0 Å². The fraction of sp³-hybridized carbons (Fsp3) is 0.345. The van der Waals surface area contributed by atoms with E-state index in [0.717, 1.165) is 23.1 Å². The average Bonchev–Trinajstić information content (AvgIpc) is 2.89. The van der Waals surface area contributed by atoms with Crippen molar-refractivity contribution in [2.45, 2.75) is 38.6 Å². The van der Waals surface area contributed by atoms with Crippen LogP contribution in [0.15, 0.2) is 84.9 Å². The highest BCUT2D eigenvalue weighted by Crippen LogP contribution is 2.26. The molecule has 5 nitrogen and oxygen atoms in total. The van der Waals surface area contributed by atoms with Gasteiger partial charge in [-0.3, -0.25) is 4.79 Å². The summed E-state index contributed by atoms with van der Waals surface area (Å²) in [7, 11) is -3.31. The second kappa shape index (κ2) is 11.6. The number of aryl methyl sites for hydroxylation is 2. The molecule has 1 fully saturated rings. The first-order valence-electron chi connectivity index (χ1n) is 12.4. The molecule has 1 amide bonds. The molecule has 6 heteroatoms. The molecule has 1 aliphatic heterocycles. The van der Waals surface area contributed by atoms with Gasteiger partial charge in [0.2, 0.25) is 15.9 Å². The van der Waals surface area contributed by atoms with Gasteiger partial charge in [-0.15, -0.1) is 0 Å². The molecule has 3 aromatic carbocycles. The number of sulfonamides is 1. The van der Waals surface area contributed by atoms with Crippen molar-refractivity contribution in [1.82, 2.24) is 9.62 Å². The fourth-order valence-corrected chi connectivity index (χ4v) is 6.19. The number of nitrogens with one attached hydrogen (secondary N) is 1. The molecule has 1 heterocycles. The molecule has 1 unspecified atom stereocenters. The summed E-state index contributed by atoms with van der Waals surface area (Å²) < 4.78 is 27.3. The van der Waals surface area contributed by atoms with Crippen LogP contribution >= 0.6 is 0 Å². The number of hydrogen-bond donors (Lipinski definition) is 1. The standard InChI is InChI=1S/C29H34N2O3S/c1-23-14-16-26(17-15-23)28(25-12-6-3-7-13-25)30-29(32)27-18-20-31(21-19-27)35(33,34)22-8-11-24-9-4-2-5-10-24/h2-7,9-10,12-17,27-28H,8,11,18-22H2,1H3,(H,30,32). The topological polar surface area (TPSA) is 66.5 Å². The van der Waals surface area contributed by atoms with Crippen LogP contribution in [0.4, 0.5) is 0 Å². The number of hydrogen-bond acceptors (Lipinski definition) is 3. The van der Waals surface area contributed by atoms with Gasteiger partial charge in [-0.25, -0.2) is 12.7 Å². The summed E-state index contributed by atoms with van der Waals surface area (Å²) in [4.78, 5) is 13.2. The van der Waals surface area contributed by atoms with E-state index in [4.69, 9.17) is 0 Å². The molecule has 0 aliphatic carbocycles. The lowest BCUT2D eigenvalue weighted by molar-refractivity contribution is -0.126. The summed E-state index contributed by atoms with van der Waals surface area (Å²) in [6.07, 6.45) is 2.43. The summed E-state index contributed by atoms with van der Waals surface area (Å²) in [5, 5.41) is 3.24. The molecular weight excluding hydrogens is 456 g/mol. The third-order valence-corrected chi connectivity index (χ3v) is 8.72. The minimum atomic E-state index is -3.31. The quantitative estimate of drug-likeness (QED) is 0.465. The van der Waals surface area contributed by atoms with Crippen LogP contribution in [-0.4, -0.2) is 37.5 Å². The molecule has 0 radical (unpaired) electrons. The van der Waals surface area contributed by atoms with E-state index in [1.165, 1.54) is 5.56 Å². The lowest BCUT2D eigenvalue weighted by atomic mass is 9.94. The molecule has 0 bridgehead atoms. The molecule has 4 rings (SSSR count). The number of piperidine rings is 1. The van der Waals surface area contributed by atoms with Crippen LogP contribution in [-0.2, 0) is 21.2 Å². The minimum absolute atomic E-state index is 0.0134. The molecule has 1 aliphatic rings. The third-order valence-electron chi connectivity index (χ3n) is 6.76. The van der Waals surface area contributed by atoms with E-state index in [1.807, 2.05) is 67.6 Å². The summed E-state index contributed by atoms with van der Waals surface area (Å²) in [5.41, 5.74) is 4.39. The van der Waals surface area contributed by atoms with Gasteiger partial charge < -0.3 is 5.32 Å². The fourth-order valence-electron chi connectivity index (χ4n) is 4.65. The number of amides is 1. The van der Waals surface area contributed by atoms with Gasteiger partial charge >= 0.3 is 0 Å². The van der Waals surface area contributed by atoms with E-state index in [0.29, 0.717) is 32.4 Å². The van der Waals surface area contributed by atoms with Gasteiger partial charge in [0.05, 0.1) is 11.8 Å². The first-order valence-corrected chi connectivity index (χ1v) is 14.0. The van der Waals surface area contributed by atoms with Crippen molar-refractivity contribution < 1.29 is 13.2 Å². The van der Waals surface area contributed by atoms with Crippen LogP contribution in [0.1, 0.15) is 47.6 Å². The van der Waals surface area contributed by atoms with Gasteiger partial charge in [0.25, 0.3) is 0 Å². The zero-order chi connectivity index (χ0) is 24.7. The van der Waals surface area contributed by atoms with Crippen LogP contribution < -0.4 is 5.32 Å². The number of benzene rings is 3. The Bertz CT molecular complexity index is 1190. The monoisotopic (exact) mass is 490 g/mol. The first kappa shape index (κ1) is 25.1. The predicted molar refractivity (Wildman–Crippen MR) is 140 cm³/mol. The van der Waals surface area contributed by atoms with Gasteiger partial charge in [-0.05, 0) is 49.3 Å². The molecule has 3 aromatic rings. The van der Waals surface area contributed by atoms with E-state index in [1.54, 1.807) is 4.31 Å². The van der Waals surface area contributed by atoms with Crippen LogP contribution in [0, 0.1) is 12.8 Å². The number of rotatable bonds is 9. The maximum atomic E-state index is 13.2. The second-order valence-corrected chi connectivity index (χ2v) is 11.4. The highest BCUT2D eigenvalue weighted by atomic mass is 32.2. The zero-order valence-electron chi connectivity index (χ0n) is 20.3. The Morgan fingerprint density at radius 3 is 2.09 bits per heavy atom. The smallest absolute Gasteiger partial charge is 0.223 e. The van der Waals surface area contributed by atoms with E-state index in [-0.39, 0.29) is 23.6 Å². The van der Waals surface area contributed by atoms with Crippen LogP contribution in [0.2, 0.25) is 0 Å². The van der Waals surface area contributed by atoms with Gasteiger partial charge in [0.1, 0.15) is 0 Å². The van der Waals surface area contributed by atoms with E-state index in [9.17, 15) is 13.2 Å². The largest absolute Gasteiger partial charge is 0.345 e. The molecule has 1 saturated heterocycles. The SMILES string of the molecule is Cc1ccc(C(NC(=O)C2CCN(S(=O)(=O)CCCc3ccccc3)CC2)c2ccccc2)cc1. The van der Waals surface area contributed by atoms with Crippen LogP contribution in [0.3, 0.4) is 0 Å². The Morgan fingerprint density at radius 2 is 1.46 bits per heavy atom. The van der Waals surface area contributed by atoms with E-state index < -0.39 is 10.0 Å². The Hall–Kier alpha value is -2.96. The predicted octanol–water partition coefficient (Wildman–Crippen LogP) is 4.88. The van der Waals surface area contributed by atoms with E-state index >= 15 is 0 Å². The first-order chi connectivity index (χ1) is 16.9. The lowest BCUT2D eigenvalue weighted by Crippen LogP contribution is -2.44. The Morgan fingerprint density at radius 1 is 0.886 bits per heavy atom. The molecule has 35 heavy (non-hydrogen) atoms. The van der Waals surface area contributed by atoms with Crippen molar-refractivity contribution in [3.8, 4) is 0 Å². The molecule has 0 saturated carbocycles. The van der Waals surface area contributed by atoms with Crippen molar-refractivity contribution in [3.63, 3.8) is 0 Å². The zero-order valence-corrected chi connectivity index (χ0v) is 21.1. The highest BCUT2D eigenvalue weighted by molar-refractivity contribution is 7.89. The lowest BCUT2D eigenvalue weighted by Gasteiger charge is -2.31. The second-order valence-electron chi connectivity index (χ2n) is 9.34. The summed E-state index contributed by atoms with van der Waals surface area (Å²) in [5.74, 6) is -0.0644. The van der Waals surface area contributed by atoms with Gasteiger partial charge in [0.15, 0.2) is 0 Å². The number of carbonyl (C=O) groups is 1. The third kappa shape index (κ3) is 6.80. The summed E-state index contributed by atoms with van der Waals surface area (Å²) >= 11 is 0. The summed E-state index contributed by atoms with van der Waals surface area (Å²) in [6.45, 7) is 2.84. The molecular formula is C29H34N2O3S. The minimum Gasteiger partial charge on any atom is -0.345 e. The number of carbonyl (C=O) groups excluding carboxylic acids is 1. The Kier molecular flexibility index (Phi) is 8.37. The molecule has 1 atom stereocenters. The van der Waals surface area contributed by atoms with Gasteiger partial charge in [-0.2, -0.15) is 0 Å². The molecule has 0 spiro atoms. The normalized spacial score (nSPS) is 16.0. The Balaban J connectivity index is 1.34. The summed E-state index contributed by atoms with van der Waals surface area (Å²) in [6, 6.07) is 27.9. The van der Waals surface area contributed by atoms with Crippen molar-refractivity contribution in [2.24, 2.45) is 5.92 Å². The Labute approximate surface area is 209 Å². The average molecular weight is 491 g/mol. The van der Waals surface area contributed by atoms with Gasteiger partial charge in [-0.1, -0.05) is 90.5 Å². The van der Waals surface area contributed by atoms with Crippen LogP contribution in [0.5, 0.6) is 0 Å². The molecule has 1 N–H and O–H groups in total. The molecule has 184 valence electrons. The van der Waals surface area contributed by atoms with E-state index in [2.05, 4.69) is 29.6 Å². The number of nitrogens with zero attached hydrogens (tertiary/aromatic N) is 1. The highest BCUT2D eigenvalue weighted by Gasteiger charge is 2.32. The van der Waals surface area contributed by atoms with Crippen molar-refractivity contribution in [3.05, 3.63) is 107 Å². The van der Waals surface area contributed by atoms with Gasteiger partial charge in [0, 0.05) is 19.0 Å². The molecule has 0 aromatic heterocycles. The van der Waals surface area contributed by atoms with Crippen molar-refractivity contribution in [1.29, 1.82) is 0 Å². The maximum absolute atomic E-state index is 13.2. The maximum Gasteiger partial charge on any atom is 0.223 e. The van der Waals surface area contributed by atoms with Crippen molar-refractivity contribution in [2.75, 3.05) is 18.8 Å².